The highest BCUT2D eigenvalue weighted by atomic mass is 32.1. The van der Waals surface area contributed by atoms with Crippen LogP contribution in [0.2, 0.25) is 0 Å². The lowest BCUT2D eigenvalue weighted by Crippen LogP contribution is -2.40. The monoisotopic (exact) mass is 576 g/mol. The molecule has 1 atom stereocenters. The third kappa shape index (κ3) is 4.99. The number of benzene rings is 4. The van der Waals surface area contributed by atoms with Crippen LogP contribution in [0.1, 0.15) is 49.4 Å². The number of fused-ring (bicyclic) bond motifs is 3. The maximum Gasteiger partial charge on any atom is 0.338 e. The van der Waals surface area contributed by atoms with E-state index in [1.807, 2.05) is 42.5 Å². The normalized spacial score (nSPS) is 15.4. The Morgan fingerprint density at radius 2 is 1.62 bits per heavy atom. The molecule has 0 saturated carbocycles. The Kier molecular flexibility index (Phi) is 7.62. The van der Waals surface area contributed by atoms with Crippen LogP contribution in [-0.4, -0.2) is 30.9 Å². The molecule has 0 amide bonds. The molecule has 0 radical (unpaired) electrons. The van der Waals surface area contributed by atoms with Crippen molar-refractivity contribution < 1.29 is 14.3 Å². The molecule has 4 aromatic carbocycles. The number of hydrogen-bond donors (Lipinski definition) is 0. The SMILES string of the molecule is COCCOC(=O)C1=C(C)N=c2sc(=Cc3c4ccccc4cc4ccccc34)c(=O)n2C1c1ccc(C(C)C)cc1. The Hall–Kier alpha value is -4.33. The number of thiazole rings is 1. The van der Waals surface area contributed by atoms with E-state index in [-0.39, 0.29) is 18.8 Å². The summed E-state index contributed by atoms with van der Waals surface area (Å²) in [7, 11) is 1.56. The third-order valence-corrected chi connectivity index (χ3v) is 8.75. The number of carbonyl (C=O) groups is 1. The van der Waals surface area contributed by atoms with Crippen LogP contribution >= 0.6 is 11.3 Å². The van der Waals surface area contributed by atoms with Gasteiger partial charge in [-0.3, -0.25) is 9.36 Å². The van der Waals surface area contributed by atoms with E-state index in [1.165, 1.54) is 16.9 Å². The number of nitrogens with zero attached hydrogens (tertiary/aromatic N) is 2. The average Bonchev–Trinajstić information content (AvgIpc) is 3.30. The first kappa shape index (κ1) is 27.8. The van der Waals surface area contributed by atoms with Gasteiger partial charge in [-0.25, -0.2) is 9.79 Å². The van der Waals surface area contributed by atoms with Crippen molar-refractivity contribution in [3.63, 3.8) is 0 Å². The molecule has 2 heterocycles. The van der Waals surface area contributed by atoms with Crippen LogP contribution < -0.4 is 14.9 Å². The maximum atomic E-state index is 14.3. The molecule has 5 aromatic rings. The van der Waals surface area contributed by atoms with Gasteiger partial charge in [-0.05, 0) is 63.2 Å². The highest BCUT2D eigenvalue weighted by molar-refractivity contribution is 7.07. The molecule has 0 fully saturated rings. The number of esters is 1. The molecule has 1 unspecified atom stereocenters. The molecule has 42 heavy (non-hydrogen) atoms. The van der Waals surface area contributed by atoms with Crippen LogP contribution in [0.5, 0.6) is 0 Å². The van der Waals surface area contributed by atoms with Gasteiger partial charge in [0.25, 0.3) is 5.56 Å². The summed E-state index contributed by atoms with van der Waals surface area (Å²) in [6.07, 6.45) is 1.98. The molecule has 0 bridgehead atoms. The van der Waals surface area contributed by atoms with Crippen LogP contribution in [0.15, 0.2) is 99.9 Å². The van der Waals surface area contributed by atoms with Crippen molar-refractivity contribution in [2.45, 2.75) is 32.7 Å². The van der Waals surface area contributed by atoms with Crippen molar-refractivity contribution in [3.8, 4) is 0 Å². The van der Waals surface area contributed by atoms with Gasteiger partial charge in [-0.15, -0.1) is 0 Å². The van der Waals surface area contributed by atoms with Gasteiger partial charge in [0.15, 0.2) is 4.80 Å². The molecular weight excluding hydrogens is 544 g/mol. The van der Waals surface area contributed by atoms with Gasteiger partial charge in [0.1, 0.15) is 6.61 Å². The predicted molar refractivity (Wildman–Crippen MR) is 169 cm³/mol. The highest BCUT2D eigenvalue weighted by Gasteiger charge is 2.33. The quantitative estimate of drug-likeness (QED) is 0.138. The van der Waals surface area contributed by atoms with Crippen molar-refractivity contribution in [2.75, 3.05) is 20.3 Å². The summed E-state index contributed by atoms with van der Waals surface area (Å²) >= 11 is 1.34. The smallest absolute Gasteiger partial charge is 0.338 e. The molecule has 6 nitrogen and oxygen atoms in total. The molecule has 0 spiro atoms. The lowest BCUT2D eigenvalue weighted by atomic mass is 9.93. The van der Waals surface area contributed by atoms with Gasteiger partial charge in [0.2, 0.25) is 0 Å². The largest absolute Gasteiger partial charge is 0.460 e. The van der Waals surface area contributed by atoms with E-state index in [4.69, 9.17) is 14.5 Å². The van der Waals surface area contributed by atoms with Gasteiger partial charge >= 0.3 is 5.97 Å². The summed E-state index contributed by atoms with van der Waals surface area (Å²) in [5.74, 6) is -0.145. The standard InChI is InChI=1S/C35H32N2O4S/c1-21(2)23-13-15-24(16-14-23)32-31(34(39)41-18-17-40-4)22(3)36-35-37(32)33(38)30(42-35)20-29-27-11-7-5-9-25(27)19-26-10-6-8-12-28(26)29/h5-16,19-21,32H,17-18H2,1-4H3. The second kappa shape index (κ2) is 11.5. The van der Waals surface area contributed by atoms with E-state index >= 15 is 0 Å². The van der Waals surface area contributed by atoms with Gasteiger partial charge in [0, 0.05) is 7.11 Å². The third-order valence-electron chi connectivity index (χ3n) is 7.77. The first-order valence-electron chi connectivity index (χ1n) is 14.1. The minimum atomic E-state index is -0.663. The van der Waals surface area contributed by atoms with Gasteiger partial charge in [-0.1, -0.05) is 98.0 Å². The van der Waals surface area contributed by atoms with E-state index in [2.05, 4.69) is 56.3 Å². The minimum Gasteiger partial charge on any atom is -0.460 e. The summed E-state index contributed by atoms with van der Waals surface area (Å²) < 4.78 is 12.8. The van der Waals surface area contributed by atoms with Gasteiger partial charge in [0.05, 0.1) is 28.5 Å². The van der Waals surface area contributed by atoms with Crippen molar-refractivity contribution in [1.82, 2.24) is 4.57 Å². The molecule has 1 aliphatic heterocycles. The summed E-state index contributed by atoms with van der Waals surface area (Å²) in [6, 6.07) is 26.0. The zero-order valence-corrected chi connectivity index (χ0v) is 24.9. The van der Waals surface area contributed by atoms with Crippen LogP contribution in [0, 0.1) is 0 Å². The Morgan fingerprint density at radius 3 is 2.24 bits per heavy atom. The molecule has 6 rings (SSSR count). The number of hydrogen-bond acceptors (Lipinski definition) is 6. The van der Waals surface area contributed by atoms with Gasteiger partial charge < -0.3 is 9.47 Å². The second-order valence-corrected chi connectivity index (χ2v) is 11.8. The molecule has 0 aliphatic carbocycles. The number of aromatic nitrogens is 1. The molecule has 0 saturated heterocycles. The van der Waals surface area contributed by atoms with E-state index in [1.54, 1.807) is 18.6 Å². The molecular formula is C35H32N2O4S. The van der Waals surface area contributed by atoms with E-state index in [9.17, 15) is 9.59 Å². The van der Waals surface area contributed by atoms with Crippen LogP contribution in [0.3, 0.4) is 0 Å². The summed E-state index contributed by atoms with van der Waals surface area (Å²) in [5, 5.41) is 4.36. The zero-order valence-electron chi connectivity index (χ0n) is 24.1. The Morgan fingerprint density at radius 1 is 0.976 bits per heavy atom. The Labute approximate surface area is 247 Å². The lowest BCUT2D eigenvalue weighted by molar-refractivity contribution is -0.140. The highest BCUT2D eigenvalue weighted by Crippen LogP contribution is 2.32. The van der Waals surface area contributed by atoms with Crippen molar-refractivity contribution in [3.05, 3.63) is 127 Å². The zero-order chi connectivity index (χ0) is 29.4. The number of allylic oxidation sites excluding steroid dienone is 1. The summed E-state index contributed by atoms with van der Waals surface area (Å²) in [6.45, 7) is 6.47. The number of carbonyl (C=O) groups excluding carboxylic acids is 1. The van der Waals surface area contributed by atoms with Crippen LogP contribution in [0.25, 0.3) is 27.6 Å². The number of methoxy groups -OCH3 is 1. The molecule has 1 aliphatic rings. The average molecular weight is 577 g/mol. The van der Waals surface area contributed by atoms with E-state index in [0.717, 1.165) is 32.7 Å². The maximum absolute atomic E-state index is 14.3. The molecule has 0 N–H and O–H groups in total. The topological polar surface area (TPSA) is 69.9 Å². The van der Waals surface area contributed by atoms with Crippen molar-refractivity contribution >= 4 is 44.9 Å². The van der Waals surface area contributed by atoms with Crippen molar-refractivity contribution in [2.24, 2.45) is 4.99 Å². The lowest BCUT2D eigenvalue weighted by Gasteiger charge is -2.25. The summed E-state index contributed by atoms with van der Waals surface area (Å²) in [5.41, 5.74) is 3.70. The minimum absolute atomic E-state index is 0.115. The first-order chi connectivity index (χ1) is 20.4. The van der Waals surface area contributed by atoms with E-state index < -0.39 is 12.0 Å². The Balaban J connectivity index is 1.57. The second-order valence-electron chi connectivity index (χ2n) is 10.8. The number of rotatable bonds is 7. The predicted octanol–water partition coefficient (Wildman–Crippen LogP) is 5.85. The first-order valence-corrected chi connectivity index (χ1v) is 14.9. The molecule has 7 heteroatoms. The summed E-state index contributed by atoms with van der Waals surface area (Å²) in [4.78, 5) is 33.0. The van der Waals surface area contributed by atoms with Crippen molar-refractivity contribution in [1.29, 1.82) is 0 Å². The van der Waals surface area contributed by atoms with Gasteiger partial charge in [-0.2, -0.15) is 0 Å². The van der Waals surface area contributed by atoms with Crippen LogP contribution in [0.4, 0.5) is 0 Å². The van der Waals surface area contributed by atoms with Crippen LogP contribution in [-0.2, 0) is 14.3 Å². The molecule has 1 aromatic heterocycles. The fraction of sp³-hybridized carbons (Fsp3) is 0.229. The fourth-order valence-electron chi connectivity index (χ4n) is 5.59. The molecule has 212 valence electrons. The fourth-order valence-corrected chi connectivity index (χ4v) is 6.62. The van der Waals surface area contributed by atoms with E-state index in [0.29, 0.717) is 26.5 Å². The Bertz CT molecular complexity index is 1980. The number of ether oxygens (including phenoxy) is 2.